The van der Waals surface area contributed by atoms with E-state index in [0.717, 1.165) is 11.3 Å². The van der Waals surface area contributed by atoms with E-state index in [0.29, 0.717) is 23.8 Å². The number of aromatic nitrogens is 3. The molecule has 3 aromatic rings. The van der Waals surface area contributed by atoms with E-state index < -0.39 is 10.0 Å². The van der Waals surface area contributed by atoms with E-state index in [4.69, 9.17) is 4.74 Å². The molecular formula is C19H21N5O4S. The molecule has 10 heteroatoms. The first-order chi connectivity index (χ1) is 13.9. The number of H-pyrrole nitrogens is 1. The minimum Gasteiger partial charge on any atom is -0.497 e. The van der Waals surface area contributed by atoms with Gasteiger partial charge in [0.05, 0.1) is 18.6 Å². The van der Waals surface area contributed by atoms with Crippen LogP contribution in [0.5, 0.6) is 5.75 Å². The van der Waals surface area contributed by atoms with Gasteiger partial charge in [-0.25, -0.2) is 18.1 Å². The van der Waals surface area contributed by atoms with Gasteiger partial charge in [0.1, 0.15) is 11.6 Å². The molecule has 0 spiro atoms. The standard InChI is InChI=1S/C19H21N5O4S/c1-3-21-29(26,27)16-10-6-14(7-11-16)19(25)20-12-17-22-18(24-23-17)13-4-8-15(28-2)9-5-13/h4-11,21H,3,12H2,1-2H3,(H,20,25)(H,22,23,24). The number of ether oxygens (including phenoxy) is 1. The van der Waals surface area contributed by atoms with Crippen molar-refractivity contribution in [3.63, 3.8) is 0 Å². The zero-order valence-corrected chi connectivity index (χ0v) is 16.8. The van der Waals surface area contributed by atoms with E-state index in [-0.39, 0.29) is 17.3 Å². The summed E-state index contributed by atoms with van der Waals surface area (Å²) >= 11 is 0. The molecule has 0 saturated heterocycles. The topological polar surface area (TPSA) is 126 Å². The van der Waals surface area contributed by atoms with Crippen LogP contribution in [0.2, 0.25) is 0 Å². The van der Waals surface area contributed by atoms with Crippen molar-refractivity contribution in [3.8, 4) is 17.1 Å². The molecule has 29 heavy (non-hydrogen) atoms. The number of aromatic amines is 1. The summed E-state index contributed by atoms with van der Waals surface area (Å²) in [5, 5.41) is 9.66. The SMILES string of the molecule is CCNS(=O)(=O)c1ccc(C(=O)NCc2nc(-c3ccc(OC)cc3)n[nH]2)cc1. The van der Waals surface area contributed by atoms with Crippen molar-refractivity contribution in [2.45, 2.75) is 18.4 Å². The second-order valence-corrected chi connectivity index (χ2v) is 7.81. The maximum atomic E-state index is 12.3. The van der Waals surface area contributed by atoms with Crippen LogP contribution in [0.1, 0.15) is 23.1 Å². The second-order valence-electron chi connectivity index (χ2n) is 6.04. The van der Waals surface area contributed by atoms with Gasteiger partial charge in [0.2, 0.25) is 10.0 Å². The average Bonchev–Trinajstić information content (AvgIpc) is 3.21. The Morgan fingerprint density at radius 1 is 1.10 bits per heavy atom. The molecule has 0 aliphatic carbocycles. The molecule has 1 aromatic heterocycles. The van der Waals surface area contributed by atoms with Crippen LogP contribution in [-0.4, -0.2) is 43.2 Å². The highest BCUT2D eigenvalue weighted by Crippen LogP contribution is 2.19. The highest BCUT2D eigenvalue weighted by molar-refractivity contribution is 7.89. The maximum Gasteiger partial charge on any atom is 0.251 e. The Morgan fingerprint density at radius 2 is 1.79 bits per heavy atom. The first-order valence-electron chi connectivity index (χ1n) is 8.86. The minimum absolute atomic E-state index is 0.107. The van der Waals surface area contributed by atoms with Gasteiger partial charge in [-0.2, -0.15) is 5.10 Å². The van der Waals surface area contributed by atoms with Crippen molar-refractivity contribution in [1.82, 2.24) is 25.2 Å². The fraction of sp³-hybridized carbons (Fsp3) is 0.211. The Morgan fingerprint density at radius 3 is 2.41 bits per heavy atom. The average molecular weight is 415 g/mol. The summed E-state index contributed by atoms with van der Waals surface area (Å²) in [6.07, 6.45) is 0. The van der Waals surface area contributed by atoms with Crippen molar-refractivity contribution in [2.24, 2.45) is 0 Å². The van der Waals surface area contributed by atoms with Gasteiger partial charge in [-0.15, -0.1) is 0 Å². The zero-order chi connectivity index (χ0) is 20.9. The Hall–Kier alpha value is -3.24. The number of methoxy groups -OCH3 is 1. The fourth-order valence-corrected chi connectivity index (χ4v) is 3.61. The van der Waals surface area contributed by atoms with Crippen LogP contribution in [-0.2, 0) is 16.6 Å². The lowest BCUT2D eigenvalue weighted by atomic mass is 10.2. The second kappa shape index (κ2) is 8.84. The molecule has 152 valence electrons. The van der Waals surface area contributed by atoms with Crippen LogP contribution in [0.4, 0.5) is 0 Å². The molecule has 1 heterocycles. The van der Waals surface area contributed by atoms with Crippen molar-refractivity contribution < 1.29 is 17.9 Å². The molecule has 0 radical (unpaired) electrons. The van der Waals surface area contributed by atoms with E-state index in [9.17, 15) is 13.2 Å². The molecule has 0 bridgehead atoms. The molecule has 2 aromatic carbocycles. The molecule has 0 fully saturated rings. The molecule has 0 saturated carbocycles. The number of nitrogens with zero attached hydrogens (tertiary/aromatic N) is 2. The summed E-state index contributed by atoms with van der Waals surface area (Å²) in [6, 6.07) is 13.0. The van der Waals surface area contributed by atoms with E-state index in [1.165, 1.54) is 24.3 Å². The number of carbonyl (C=O) groups is 1. The molecule has 1 amide bonds. The van der Waals surface area contributed by atoms with E-state index >= 15 is 0 Å². The monoisotopic (exact) mass is 415 g/mol. The smallest absolute Gasteiger partial charge is 0.251 e. The van der Waals surface area contributed by atoms with Gasteiger partial charge in [-0.05, 0) is 48.5 Å². The minimum atomic E-state index is -3.55. The summed E-state index contributed by atoms with van der Waals surface area (Å²) in [5.74, 6) is 1.39. The normalized spacial score (nSPS) is 11.2. The summed E-state index contributed by atoms with van der Waals surface area (Å²) < 4.78 is 31.4. The summed E-state index contributed by atoms with van der Waals surface area (Å²) in [7, 11) is -1.95. The van der Waals surface area contributed by atoms with E-state index in [2.05, 4.69) is 25.2 Å². The predicted molar refractivity (Wildman–Crippen MR) is 107 cm³/mol. The lowest BCUT2D eigenvalue weighted by Gasteiger charge is -2.06. The first-order valence-corrected chi connectivity index (χ1v) is 10.3. The highest BCUT2D eigenvalue weighted by atomic mass is 32.2. The molecule has 9 nitrogen and oxygen atoms in total. The number of benzene rings is 2. The predicted octanol–water partition coefficient (Wildman–Crippen LogP) is 1.71. The van der Waals surface area contributed by atoms with Crippen LogP contribution in [0, 0.1) is 0 Å². The number of carbonyl (C=O) groups excluding carboxylic acids is 1. The first kappa shape index (κ1) is 20.5. The third-order valence-electron chi connectivity index (χ3n) is 4.06. The quantitative estimate of drug-likeness (QED) is 0.514. The van der Waals surface area contributed by atoms with Crippen LogP contribution in [0.3, 0.4) is 0 Å². The lowest BCUT2D eigenvalue weighted by molar-refractivity contribution is 0.0950. The zero-order valence-electron chi connectivity index (χ0n) is 16.0. The number of sulfonamides is 1. The molecule has 0 aliphatic rings. The number of nitrogens with one attached hydrogen (secondary N) is 3. The van der Waals surface area contributed by atoms with Gasteiger partial charge in [0, 0.05) is 17.7 Å². The van der Waals surface area contributed by atoms with Gasteiger partial charge in [0.25, 0.3) is 5.91 Å². The molecule has 3 rings (SSSR count). The Labute approximate surface area is 168 Å². The van der Waals surface area contributed by atoms with Crippen LogP contribution >= 0.6 is 0 Å². The van der Waals surface area contributed by atoms with Gasteiger partial charge in [-0.3, -0.25) is 9.89 Å². The third-order valence-corrected chi connectivity index (χ3v) is 5.62. The number of rotatable bonds is 8. The van der Waals surface area contributed by atoms with Crippen LogP contribution < -0.4 is 14.8 Å². The number of hydrogen-bond acceptors (Lipinski definition) is 6. The van der Waals surface area contributed by atoms with Gasteiger partial charge in [-0.1, -0.05) is 6.92 Å². The number of hydrogen-bond donors (Lipinski definition) is 3. The molecule has 0 aliphatic heterocycles. The summed E-state index contributed by atoms with van der Waals surface area (Å²) in [5.41, 5.74) is 1.16. The van der Waals surface area contributed by atoms with Gasteiger partial charge >= 0.3 is 0 Å². The van der Waals surface area contributed by atoms with E-state index in [1.54, 1.807) is 14.0 Å². The highest BCUT2D eigenvalue weighted by Gasteiger charge is 2.14. The third kappa shape index (κ3) is 4.98. The lowest BCUT2D eigenvalue weighted by Crippen LogP contribution is -2.24. The Balaban J connectivity index is 1.61. The maximum absolute atomic E-state index is 12.3. The Bertz CT molecular complexity index is 1080. The van der Waals surface area contributed by atoms with Crippen molar-refractivity contribution in [2.75, 3.05) is 13.7 Å². The van der Waals surface area contributed by atoms with Crippen molar-refractivity contribution in [3.05, 3.63) is 59.9 Å². The Kier molecular flexibility index (Phi) is 6.25. The molecule has 3 N–H and O–H groups in total. The molecule has 0 unspecified atom stereocenters. The van der Waals surface area contributed by atoms with E-state index in [1.807, 2.05) is 24.3 Å². The molecular weight excluding hydrogens is 394 g/mol. The molecule has 0 atom stereocenters. The van der Waals surface area contributed by atoms with Crippen LogP contribution in [0.25, 0.3) is 11.4 Å². The van der Waals surface area contributed by atoms with Crippen LogP contribution in [0.15, 0.2) is 53.4 Å². The summed E-state index contributed by atoms with van der Waals surface area (Å²) in [4.78, 5) is 16.8. The fourth-order valence-electron chi connectivity index (χ4n) is 2.57. The van der Waals surface area contributed by atoms with Crippen molar-refractivity contribution in [1.29, 1.82) is 0 Å². The number of amides is 1. The van der Waals surface area contributed by atoms with Gasteiger partial charge in [0.15, 0.2) is 5.82 Å². The largest absolute Gasteiger partial charge is 0.497 e. The van der Waals surface area contributed by atoms with Crippen molar-refractivity contribution >= 4 is 15.9 Å². The summed E-state index contributed by atoms with van der Waals surface area (Å²) in [6.45, 7) is 2.14. The van der Waals surface area contributed by atoms with Gasteiger partial charge < -0.3 is 10.1 Å².